The second kappa shape index (κ2) is 9.82. The summed E-state index contributed by atoms with van der Waals surface area (Å²) in [4.78, 5) is 22.7. The Hall–Kier alpha value is -3.80. The van der Waals surface area contributed by atoms with Crippen LogP contribution in [0.1, 0.15) is 28.7 Å². The summed E-state index contributed by atoms with van der Waals surface area (Å²) in [5.74, 6) is -4.62. The second-order valence-corrected chi connectivity index (χ2v) is 8.29. The van der Waals surface area contributed by atoms with E-state index in [0.717, 1.165) is 29.1 Å². The summed E-state index contributed by atoms with van der Waals surface area (Å²) in [6.45, 7) is -0.260. The second-order valence-electron chi connectivity index (χ2n) is 8.29. The van der Waals surface area contributed by atoms with E-state index >= 15 is 0 Å². The van der Waals surface area contributed by atoms with Gasteiger partial charge in [-0.3, -0.25) is 4.79 Å². The molecule has 1 aliphatic rings. The van der Waals surface area contributed by atoms with Crippen LogP contribution in [0.15, 0.2) is 42.9 Å². The van der Waals surface area contributed by atoms with Crippen LogP contribution in [0, 0.1) is 0 Å². The number of ether oxygens (including phenoxy) is 1. The van der Waals surface area contributed by atoms with E-state index in [2.05, 4.69) is 25.5 Å². The summed E-state index contributed by atoms with van der Waals surface area (Å²) >= 11 is 0. The van der Waals surface area contributed by atoms with E-state index in [1.807, 2.05) is 0 Å². The average Bonchev–Trinajstić information content (AvgIpc) is 3.36. The predicted octanol–water partition coefficient (Wildman–Crippen LogP) is 1.10. The number of aromatic nitrogens is 5. The third-order valence-electron chi connectivity index (χ3n) is 5.55. The van der Waals surface area contributed by atoms with Crippen molar-refractivity contribution in [3.63, 3.8) is 0 Å². The van der Waals surface area contributed by atoms with Gasteiger partial charge < -0.3 is 30.3 Å². The molecular formula is C21H20F5N7O5. The first-order chi connectivity index (χ1) is 17.7. The number of amides is 1. The minimum absolute atomic E-state index is 0.0258. The molecule has 2 atom stereocenters. The molecule has 4 N–H and O–H groups in total. The van der Waals surface area contributed by atoms with Crippen molar-refractivity contribution in [3.05, 3.63) is 59.8 Å². The van der Waals surface area contributed by atoms with Crippen LogP contribution >= 0.6 is 0 Å². The van der Waals surface area contributed by atoms with Gasteiger partial charge in [-0.25, -0.2) is 9.97 Å². The van der Waals surface area contributed by atoms with Crippen molar-refractivity contribution in [2.24, 2.45) is 0 Å². The highest BCUT2D eigenvalue weighted by atomic mass is 19.4. The maximum Gasteiger partial charge on any atom is 0.417 e. The van der Waals surface area contributed by atoms with Gasteiger partial charge in [-0.05, 0) is 31.2 Å². The Kier molecular flexibility index (Phi) is 7.04. The lowest BCUT2D eigenvalue weighted by Crippen LogP contribution is -2.61. The molecule has 0 saturated carbocycles. The van der Waals surface area contributed by atoms with Crippen LogP contribution < -0.4 is 5.32 Å². The van der Waals surface area contributed by atoms with E-state index in [1.165, 1.54) is 19.3 Å². The van der Waals surface area contributed by atoms with Crippen LogP contribution in [0.5, 0.6) is 0 Å². The monoisotopic (exact) mass is 545 g/mol. The van der Waals surface area contributed by atoms with Crippen LogP contribution in [0.3, 0.4) is 0 Å². The third-order valence-corrected chi connectivity index (χ3v) is 5.55. The Morgan fingerprint density at radius 3 is 2.42 bits per heavy atom. The van der Waals surface area contributed by atoms with Gasteiger partial charge in [0.25, 0.3) is 5.91 Å². The smallest absolute Gasteiger partial charge is 0.368 e. The van der Waals surface area contributed by atoms with E-state index in [1.54, 1.807) is 0 Å². The Labute approximate surface area is 210 Å². The van der Waals surface area contributed by atoms with Crippen molar-refractivity contribution in [2.45, 2.75) is 37.3 Å². The number of aliphatic hydroxyl groups is 3. The quantitative estimate of drug-likeness (QED) is 0.261. The zero-order valence-corrected chi connectivity index (χ0v) is 19.3. The number of alkyl halides is 5. The number of nitrogens with zero attached hydrogens (tertiary/aromatic N) is 6. The van der Waals surface area contributed by atoms with Crippen LogP contribution in [-0.4, -0.2) is 82.4 Å². The normalized spacial score (nSPS) is 19.9. The predicted molar refractivity (Wildman–Crippen MR) is 116 cm³/mol. The molecule has 1 fully saturated rings. The average molecular weight is 545 g/mol. The van der Waals surface area contributed by atoms with Gasteiger partial charge in [0, 0.05) is 12.7 Å². The molecule has 3 aromatic heterocycles. The molecule has 0 spiro atoms. The Morgan fingerprint density at radius 2 is 1.84 bits per heavy atom. The topological polar surface area (TPSA) is 159 Å². The largest absolute Gasteiger partial charge is 0.417 e. The molecule has 1 saturated heterocycles. The van der Waals surface area contributed by atoms with E-state index < -0.39 is 59.8 Å². The van der Waals surface area contributed by atoms with E-state index in [-0.39, 0.29) is 18.1 Å². The Morgan fingerprint density at radius 1 is 1.16 bits per heavy atom. The molecule has 1 amide bonds. The number of hydrogen-bond donors (Lipinski definition) is 4. The van der Waals surface area contributed by atoms with Crippen molar-refractivity contribution in [1.29, 1.82) is 0 Å². The molecule has 4 rings (SSSR count). The number of anilines is 1. The van der Waals surface area contributed by atoms with Gasteiger partial charge >= 0.3 is 18.3 Å². The molecule has 2 unspecified atom stereocenters. The minimum Gasteiger partial charge on any atom is -0.368 e. The number of halogens is 5. The summed E-state index contributed by atoms with van der Waals surface area (Å²) in [6.07, 6.45) is -6.58. The molecule has 12 nitrogen and oxygen atoms in total. The van der Waals surface area contributed by atoms with Crippen LogP contribution in [0.4, 0.5) is 27.8 Å². The molecule has 0 bridgehead atoms. The van der Waals surface area contributed by atoms with Crippen molar-refractivity contribution in [1.82, 2.24) is 29.9 Å². The zero-order chi connectivity index (χ0) is 27.9. The molecule has 0 aliphatic carbocycles. The lowest BCUT2D eigenvalue weighted by molar-refractivity contribution is -0.326. The number of nitrogens with one attached hydrogen (secondary N) is 1. The first-order valence-electron chi connectivity index (χ1n) is 10.8. The number of carbonyl (C=O) groups excluding carboxylic acids is 1. The number of hydrogen-bond acceptors (Lipinski definition) is 10. The molecule has 17 heteroatoms. The third kappa shape index (κ3) is 5.85. The summed E-state index contributed by atoms with van der Waals surface area (Å²) in [7, 11) is 0. The standard InChI is InChI=1S/C21H20F5N7O5/c1-11-14(9-28-16-5-2-12(8-27-16)20(24,25)26)32(10-19(22,23)38-11)18(34)17-13(33-29-6-7-30-33)3-4-15(31-17)21(35,36)37/h2-8,11,14,35-37H,9-10H2,1H3,(H,27,28). The maximum atomic E-state index is 14.4. The Bertz CT molecular complexity index is 1280. The van der Waals surface area contributed by atoms with Gasteiger partial charge in [0.2, 0.25) is 0 Å². The lowest BCUT2D eigenvalue weighted by Gasteiger charge is -2.43. The van der Waals surface area contributed by atoms with Crippen molar-refractivity contribution < 1.29 is 46.8 Å². The number of carbonyl (C=O) groups is 1. The summed E-state index contributed by atoms with van der Waals surface area (Å²) in [5.41, 5.74) is -2.52. The molecule has 38 heavy (non-hydrogen) atoms. The zero-order valence-electron chi connectivity index (χ0n) is 19.3. The summed E-state index contributed by atoms with van der Waals surface area (Å²) in [5, 5.41) is 39.1. The van der Waals surface area contributed by atoms with E-state index in [4.69, 9.17) is 4.74 Å². The summed E-state index contributed by atoms with van der Waals surface area (Å²) in [6, 6.07) is 2.76. The van der Waals surface area contributed by atoms with Crippen LogP contribution in [-0.2, 0) is 16.9 Å². The Balaban J connectivity index is 1.67. The number of rotatable bonds is 6. The van der Waals surface area contributed by atoms with Crippen molar-refractivity contribution in [3.8, 4) is 5.69 Å². The highest BCUT2D eigenvalue weighted by Crippen LogP contribution is 2.32. The number of pyridine rings is 2. The van der Waals surface area contributed by atoms with Crippen molar-refractivity contribution >= 4 is 11.7 Å². The van der Waals surface area contributed by atoms with Gasteiger partial charge in [-0.15, -0.1) is 4.80 Å². The fourth-order valence-electron chi connectivity index (χ4n) is 3.76. The highest BCUT2D eigenvalue weighted by molar-refractivity contribution is 5.96. The molecular weight excluding hydrogens is 525 g/mol. The van der Waals surface area contributed by atoms with E-state index in [0.29, 0.717) is 11.1 Å². The minimum atomic E-state index is -4.61. The van der Waals surface area contributed by atoms with E-state index in [9.17, 15) is 42.1 Å². The molecule has 204 valence electrons. The molecule has 3 aromatic rings. The van der Waals surface area contributed by atoms with Gasteiger partial charge in [0.15, 0.2) is 5.69 Å². The van der Waals surface area contributed by atoms with Crippen LogP contribution in [0.25, 0.3) is 5.69 Å². The van der Waals surface area contributed by atoms with Gasteiger partial charge in [0.05, 0.1) is 30.1 Å². The maximum absolute atomic E-state index is 14.4. The van der Waals surface area contributed by atoms with Gasteiger partial charge in [-0.2, -0.15) is 32.1 Å². The molecule has 0 aromatic carbocycles. The van der Waals surface area contributed by atoms with Crippen LogP contribution in [0.2, 0.25) is 0 Å². The summed E-state index contributed by atoms with van der Waals surface area (Å²) < 4.78 is 71.9. The fourth-order valence-corrected chi connectivity index (χ4v) is 3.76. The molecule has 1 aliphatic heterocycles. The first-order valence-corrected chi connectivity index (χ1v) is 10.8. The first kappa shape index (κ1) is 27.2. The lowest BCUT2D eigenvalue weighted by atomic mass is 10.1. The van der Waals surface area contributed by atoms with Crippen molar-refractivity contribution in [2.75, 3.05) is 18.4 Å². The SMILES string of the molecule is CC1OC(F)(F)CN(C(=O)c2nc(C(O)(O)O)ccc2-n2nccn2)C1CNc1ccc(C(F)(F)F)cn1. The highest BCUT2D eigenvalue weighted by Gasteiger charge is 2.48. The fraction of sp³-hybridized carbons (Fsp3) is 0.381. The molecule has 4 heterocycles. The van der Waals surface area contributed by atoms with Gasteiger partial charge in [-0.1, -0.05) is 0 Å². The number of morpholine rings is 1. The van der Waals surface area contributed by atoms with Gasteiger partial charge in [0.1, 0.15) is 23.7 Å². The molecule has 0 radical (unpaired) electrons.